The Balaban J connectivity index is 2.16. The van der Waals surface area contributed by atoms with Gasteiger partial charge in [-0.2, -0.15) is 8.78 Å². The second-order valence-corrected chi connectivity index (χ2v) is 4.43. The van der Waals surface area contributed by atoms with Crippen LogP contribution in [0, 0.1) is 0 Å². The zero-order chi connectivity index (χ0) is 15.4. The van der Waals surface area contributed by atoms with Crippen LogP contribution < -0.4 is 10.1 Å². The minimum absolute atomic E-state index is 0.0367. The number of aromatic hydroxyl groups is 1. The summed E-state index contributed by atoms with van der Waals surface area (Å²) in [6.45, 7) is -2.96. The first-order valence-electron chi connectivity index (χ1n) is 5.80. The van der Waals surface area contributed by atoms with E-state index in [1.165, 1.54) is 42.5 Å². The first-order valence-corrected chi connectivity index (χ1v) is 6.18. The van der Waals surface area contributed by atoms with Crippen LogP contribution in [-0.2, 0) is 0 Å². The van der Waals surface area contributed by atoms with Crippen LogP contribution in [-0.4, -0.2) is 17.6 Å². The number of alkyl halides is 2. The Morgan fingerprint density at radius 3 is 2.67 bits per heavy atom. The summed E-state index contributed by atoms with van der Waals surface area (Å²) in [6, 6.07) is 9.43. The van der Waals surface area contributed by atoms with Crippen molar-refractivity contribution in [2.24, 2.45) is 0 Å². The maximum Gasteiger partial charge on any atom is 0.387 e. The topological polar surface area (TPSA) is 58.6 Å². The van der Waals surface area contributed by atoms with E-state index >= 15 is 0 Å². The fourth-order valence-corrected chi connectivity index (χ4v) is 1.84. The Hall–Kier alpha value is -2.34. The maximum absolute atomic E-state index is 12.1. The molecule has 21 heavy (non-hydrogen) atoms. The molecule has 0 aliphatic carbocycles. The van der Waals surface area contributed by atoms with Crippen LogP contribution in [0.5, 0.6) is 11.5 Å². The largest absolute Gasteiger partial charge is 0.508 e. The van der Waals surface area contributed by atoms with Crippen LogP contribution in [0.2, 0.25) is 5.02 Å². The van der Waals surface area contributed by atoms with Gasteiger partial charge in [-0.05, 0) is 30.3 Å². The van der Waals surface area contributed by atoms with Crippen molar-refractivity contribution in [2.75, 3.05) is 5.32 Å². The molecule has 0 bridgehead atoms. The van der Waals surface area contributed by atoms with E-state index in [1.54, 1.807) is 0 Å². The molecule has 1 amide bonds. The van der Waals surface area contributed by atoms with Crippen molar-refractivity contribution in [1.29, 1.82) is 0 Å². The van der Waals surface area contributed by atoms with Gasteiger partial charge in [-0.15, -0.1) is 0 Å². The number of carbonyl (C=O) groups is 1. The van der Waals surface area contributed by atoms with Gasteiger partial charge in [-0.1, -0.05) is 17.7 Å². The number of hydrogen-bond acceptors (Lipinski definition) is 3. The molecule has 0 saturated heterocycles. The highest BCUT2D eigenvalue weighted by molar-refractivity contribution is 6.34. The monoisotopic (exact) mass is 313 g/mol. The lowest BCUT2D eigenvalue weighted by Gasteiger charge is -2.09. The van der Waals surface area contributed by atoms with E-state index in [0.29, 0.717) is 5.69 Å². The van der Waals surface area contributed by atoms with Crippen molar-refractivity contribution in [2.45, 2.75) is 6.61 Å². The molecule has 0 spiro atoms. The average Bonchev–Trinajstić information content (AvgIpc) is 2.41. The smallest absolute Gasteiger partial charge is 0.387 e. The van der Waals surface area contributed by atoms with E-state index in [9.17, 15) is 18.7 Å². The summed E-state index contributed by atoms with van der Waals surface area (Å²) in [7, 11) is 0. The third-order valence-corrected chi connectivity index (χ3v) is 2.83. The number of nitrogens with one attached hydrogen (secondary N) is 1. The van der Waals surface area contributed by atoms with Crippen LogP contribution in [0.25, 0.3) is 0 Å². The quantitative estimate of drug-likeness (QED) is 0.842. The molecule has 0 fully saturated rings. The molecule has 0 atom stereocenters. The lowest BCUT2D eigenvalue weighted by molar-refractivity contribution is -0.0498. The van der Waals surface area contributed by atoms with Crippen molar-refractivity contribution >= 4 is 23.2 Å². The van der Waals surface area contributed by atoms with Crippen molar-refractivity contribution in [3.63, 3.8) is 0 Å². The number of anilines is 1. The van der Waals surface area contributed by atoms with E-state index in [4.69, 9.17) is 11.6 Å². The first kappa shape index (κ1) is 15.1. The number of phenols is 1. The van der Waals surface area contributed by atoms with Gasteiger partial charge >= 0.3 is 6.61 Å². The summed E-state index contributed by atoms with van der Waals surface area (Å²) in [4.78, 5) is 12.0. The van der Waals surface area contributed by atoms with Gasteiger partial charge in [0.15, 0.2) is 0 Å². The molecular weight excluding hydrogens is 304 g/mol. The molecule has 0 heterocycles. The number of carbonyl (C=O) groups excluding carboxylic acids is 1. The minimum atomic E-state index is -2.96. The molecule has 7 heteroatoms. The Bertz CT molecular complexity index is 664. The van der Waals surface area contributed by atoms with E-state index in [-0.39, 0.29) is 22.1 Å². The van der Waals surface area contributed by atoms with Crippen molar-refractivity contribution < 1.29 is 23.4 Å². The Morgan fingerprint density at radius 1 is 1.24 bits per heavy atom. The van der Waals surface area contributed by atoms with E-state index in [0.717, 1.165) is 0 Å². The molecule has 0 aliphatic rings. The van der Waals surface area contributed by atoms with Crippen molar-refractivity contribution in [3.8, 4) is 11.5 Å². The molecule has 0 radical (unpaired) electrons. The molecule has 2 rings (SSSR count). The molecule has 110 valence electrons. The zero-order valence-corrected chi connectivity index (χ0v) is 11.3. The fraction of sp³-hybridized carbons (Fsp3) is 0.0714. The first-order chi connectivity index (χ1) is 9.95. The lowest BCUT2D eigenvalue weighted by Crippen LogP contribution is -2.12. The van der Waals surface area contributed by atoms with Crippen molar-refractivity contribution in [1.82, 2.24) is 0 Å². The number of phenolic OH excluding ortho intramolecular Hbond substituents is 1. The Morgan fingerprint density at radius 2 is 2.00 bits per heavy atom. The molecule has 0 aliphatic heterocycles. The Labute approximate surface area is 123 Å². The summed E-state index contributed by atoms with van der Waals surface area (Å²) in [5.41, 5.74) is 0.428. The summed E-state index contributed by atoms with van der Waals surface area (Å²) in [5, 5.41) is 11.9. The van der Waals surface area contributed by atoms with Gasteiger partial charge in [0, 0.05) is 11.6 Å². The second kappa shape index (κ2) is 6.41. The van der Waals surface area contributed by atoms with Crippen LogP contribution in [0.4, 0.5) is 14.5 Å². The van der Waals surface area contributed by atoms with Crippen LogP contribution in [0.15, 0.2) is 42.5 Å². The van der Waals surface area contributed by atoms with Crippen LogP contribution >= 0.6 is 11.6 Å². The second-order valence-electron chi connectivity index (χ2n) is 4.02. The van der Waals surface area contributed by atoms with Gasteiger partial charge in [0.25, 0.3) is 5.91 Å². The van der Waals surface area contributed by atoms with Gasteiger partial charge in [-0.25, -0.2) is 0 Å². The maximum atomic E-state index is 12.1. The zero-order valence-electron chi connectivity index (χ0n) is 10.5. The average molecular weight is 314 g/mol. The number of rotatable bonds is 4. The summed E-state index contributed by atoms with van der Waals surface area (Å²) in [6.07, 6.45) is 0. The van der Waals surface area contributed by atoms with Crippen LogP contribution in [0.1, 0.15) is 10.4 Å². The molecule has 0 saturated carbocycles. The molecule has 2 aromatic carbocycles. The highest BCUT2D eigenvalue weighted by atomic mass is 35.5. The Kier molecular flexibility index (Phi) is 4.59. The molecule has 2 aromatic rings. The van der Waals surface area contributed by atoms with E-state index in [1.807, 2.05) is 0 Å². The highest BCUT2D eigenvalue weighted by Crippen LogP contribution is 2.26. The fourth-order valence-electron chi connectivity index (χ4n) is 1.61. The van der Waals surface area contributed by atoms with Gasteiger partial charge in [-0.3, -0.25) is 4.79 Å². The van der Waals surface area contributed by atoms with Gasteiger partial charge in [0.1, 0.15) is 11.5 Å². The number of benzene rings is 2. The third-order valence-electron chi connectivity index (χ3n) is 2.52. The predicted molar refractivity (Wildman–Crippen MR) is 74.1 cm³/mol. The SMILES string of the molecule is O=C(Nc1ccc(O)cc1Cl)c1cccc(OC(F)F)c1. The summed E-state index contributed by atoms with van der Waals surface area (Å²) in [5.74, 6) is -0.693. The number of halogens is 3. The lowest BCUT2D eigenvalue weighted by atomic mass is 10.2. The molecule has 4 nitrogen and oxygen atoms in total. The van der Waals surface area contributed by atoms with Gasteiger partial charge in [0.05, 0.1) is 10.7 Å². The van der Waals surface area contributed by atoms with Gasteiger partial charge < -0.3 is 15.2 Å². The molecule has 2 N–H and O–H groups in total. The summed E-state index contributed by atoms with van der Waals surface area (Å²) < 4.78 is 28.5. The van der Waals surface area contributed by atoms with Gasteiger partial charge in [0.2, 0.25) is 0 Å². The number of ether oxygens (including phenoxy) is 1. The number of amides is 1. The summed E-state index contributed by atoms with van der Waals surface area (Å²) >= 11 is 5.86. The van der Waals surface area contributed by atoms with E-state index < -0.39 is 12.5 Å². The standard InChI is InChI=1S/C14H10ClF2NO3/c15-11-7-9(19)4-5-12(11)18-13(20)8-2-1-3-10(6-8)21-14(16)17/h1-7,14,19H,(H,18,20). The molecule has 0 unspecified atom stereocenters. The van der Waals surface area contributed by atoms with Crippen molar-refractivity contribution in [3.05, 3.63) is 53.1 Å². The molecule has 0 aromatic heterocycles. The normalized spacial score (nSPS) is 10.5. The molecular formula is C14H10ClF2NO3. The highest BCUT2D eigenvalue weighted by Gasteiger charge is 2.11. The number of hydrogen-bond donors (Lipinski definition) is 2. The van der Waals surface area contributed by atoms with E-state index in [2.05, 4.69) is 10.1 Å². The minimum Gasteiger partial charge on any atom is -0.508 e. The third kappa shape index (κ3) is 4.06. The predicted octanol–water partition coefficient (Wildman–Crippen LogP) is 3.90. The van der Waals surface area contributed by atoms with Crippen LogP contribution in [0.3, 0.4) is 0 Å².